The molecule has 1 heterocycles. The summed E-state index contributed by atoms with van der Waals surface area (Å²) < 4.78 is 62.2. The fourth-order valence-corrected chi connectivity index (χ4v) is 6.46. The van der Waals surface area contributed by atoms with E-state index in [1.165, 1.54) is 6.07 Å². The highest BCUT2D eigenvalue weighted by Crippen LogP contribution is 2.40. The molecule has 6 rings (SSSR count). The molecule has 12 heteroatoms. The van der Waals surface area contributed by atoms with Crippen molar-refractivity contribution in [2.24, 2.45) is 11.5 Å². The molecule has 0 saturated carbocycles. The van der Waals surface area contributed by atoms with Crippen LogP contribution in [-0.4, -0.2) is 44.0 Å². The van der Waals surface area contributed by atoms with Gasteiger partial charge in [0.2, 0.25) is 0 Å². The molecule has 1 aliphatic rings. The second-order valence-corrected chi connectivity index (χ2v) is 13.8. The minimum atomic E-state index is -4.66. The Balaban J connectivity index is 1.31. The minimum absolute atomic E-state index is 0.108. The predicted molar refractivity (Wildman–Crippen MR) is 225 cm³/mol. The van der Waals surface area contributed by atoms with Crippen LogP contribution in [0, 0.1) is 10.8 Å². The van der Waals surface area contributed by atoms with Gasteiger partial charge in [0.15, 0.2) is 0 Å². The van der Waals surface area contributed by atoms with Gasteiger partial charge < -0.3 is 35.9 Å². The summed E-state index contributed by atoms with van der Waals surface area (Å²) in [7, 11) is 0. The van der Waals surface area contributed by atoms with Crippen molar-refractivity contribution in [1.82, 2.24) is 5.32 Å². The summed E-state index contributed by atoms with van der Waals surface area (Å²) in [5.41, 5.74) is 15.4. The van der Waals surface area contributed by atoms with Crippen molar-refractivity contribution in [2.75, 3.05) is 31.1 Å². The van der Waals surface area contributed by atoms with Gasteiger partial charge in [-0.1, -0.05) is 85.0 Å². The van der Waals surface area contributed by atoms with Gasteiger partial charge in [0.05, 0.1) is 5.56 Å². The molecular weight excluding hydrogens is 742 g/mol. The highest BCUT2D eigenvalue weighted by atomic mass is 19.4. The lowest BCUT2D eigenvalue weighted by Gasteiger charge is -2.27. The molecule has 58 heavy (non-hydrogen) atoms. The van der Waals surface area contributed by atoms with Crippen LogP contribution in [0.15, 0.2) is 127 Å². The number of benzene rings is 5. The Kier molecular flexibility index (Phi) is 13.9. The number of ether oxygens (including phenoxy) is 3. The zero-order valence-electron chi connectivity index (χ0n) is 32.0. The first kappa shape index (κ1) is 41.1. The van der Waals surface area contributed by atoms with E-state index in [1.807, 2.05) is 85.0 Å². The summed E-state index contributed by atoms with van der Waals surface area (Å²) in [6.45, 7) is 2.38. The third kappa shape index (κ3) is 11.5. The van der Waals surface area contributed by atoms with Gasteiger partial charge in [-0.15, -0.1) is 0 Å². The van der Waals surface area contributed by atoms with Crippen molar-refractivity contribution in [3.05, 3.63) is 166 Å². The topological polar surface area (TPSA) is 143 Å². The second-order valence-electron chi connectivity index (χ2n) is 13.8. The molecule has 1 fully saturated rings. The van der Waals surface area contributed by atoms with E-state index in [9.17, 15) is 13.2 Å². The van der Waals surface area contributed by atoms with E-state index < -0.39 is 11.7 Å². The van der Waals surface area contributed by atoms with E-state index in [4.69, 9.17) is 36.5 Å². The molecule has 1 saturated heterocycles. The molecule has 9 nitrogen and oxygen atoms in total. The van der Waals surface area contributed by atoms with Crippen molar-refractivity contribution in [2.45, 2.75) is 38.3 Å². The lowest BCUT2D eigenvalue weighted by Crippen LogP contribution is -2.34. The number of nitrogens with one attached hydrogen (secondary N) is 3. The van der Waals surface area contributed by atoms with Crippen LogP contribution in [0.4, 0.5) is 18.9 Å². The Morgan fingerprint density at radius 3 is 1.62 bits per heavy atom. The van der Waals surface area contributed by atoms with Gasteiger partial charge in [-0.3, -0.25) is 10.8 Å². The molecule has 0 radical (unpaired) electrons. The molecule has 0 atom stereocenters. The molecule has 5 aromatic carbocycles. The van der Waals surface area contributed by atoms with Crippen LogP contribution in [0.2, 0.25) is 0 Å². The van der Waals surface area contributed by atoms with E-state index in [2.05, 4.69) is 5.32 Å². The van der Waals surface area contributed by atoms with Gasteiger partial charge in [0, 0.05) is 41.0 Å². The van der Waals surface area contributed by atoms with E-state index in [0.29, 0.717) is 78.6 Å². The van der Waals surface area contributed by atoms with Crippen LogP contribution in [0.25, 0.3) is 12.2 Å². The SMILES string of the molecule is N=C(N)c1ccc(OCc2ccccc2)c(C=CCN(CC=Cc2cc(C(=N)N)ccc2OCc2ccccc2)c2ccc(OC3CCNCC3)c(C(F)(F)F)c2)c1. The van der Waals surface area contributed by atoms with Gasteiger partial charge in [0.1, 0.15) is 48.2 Å². The van der Waals surface area contributed by atoms with E-state index in [0.717, 1.165) is 17.2 Å². The van der Waals surface area contributed by atoms with Crippen molar-refractivity contribution in [1.29, 1.82) is 10.8 Å². The molecule has 0 aliphatic carbocycles. The third-order valence-electron chi connectivity index (χ3n) is 9.58. The quantitative estimate of drug-likeness (QED) is 0.0468. The maximum Gasteiger partial charge on any atom is 0.420 e. The van der Waals surface area contributed by atoms with Crippen molar-refractivity contribution in [3.8, 4) is 17.2 Å². The third-order valence-corrected chi connectivity index (χ3v) is 9.58. The number of halogens is 3. The molecule has 0 amide bonds. The number of hydrogen-bond donors (Lipinski definition) is 5. The highest BCUT2D eigenvalue weighted by molar-refractivity contribution is 5.96. The zero-order chi connectivity index (χ0) is 40.9. The van der Waals surface area contributed by atoms with Crippen LogP contribution >= 0.6 is 0 Å². The summed E-state index contributed by atoms with van der Waals surface area (Å²) in [5.74, 6) is 0.705. The number of amidine groups is 2. The Morgan fingerprint density at radius 1 is 0.672 bits per heavy atom. The molecular formula is C46H47F3N6O3. The smallest absolute Gasteiger partial charge is 0.420 e. The van der Waals surface area contributed by atoms with Gasteiger partial charge >= 0.3 is 6.18 Å². The molecule has 5 aromatic rings. The van der Waals surface area contributed by atoms with E-state index >= 15 is 0 Å². The number of nitrogens with two attached hydrogens (primary N) is 2. The van der Waals surface area contributed by atoms with Gasteiger partial charge in [0.25, 0.3) is 0 Å². The lowest BCUT2D eigenvalue weighted by atomic mass is 10.1. The summed E-state index contributed by atoms with van der Waals surface area (Å²) in [6, 6.07) is 34.0. The van der Waals surface area contributed by atoms with Crippen molar-refractivity contribution < 1.29 is 27.4 Å². The second kappa shape index (κ2) is 19.6. The normalized spacial score (nSPS) is 13.4. The van der Waals surface area contributed by atoms with Gasteiger partial charge in [-0.2, -0.15) is 13.2 Å². The number of nitrogens with zero attached hydrogens (tertiary/aromatic N) is 1. The zero-order valence-corrected chi connectivity index (χ0v) is 32.0. The monoisotopic (exact) mass is 788 g/mol. The van der Waals surface area contributed by atoms with Crippen molar-refractivity contribution in [3.63, 3.8) is 0 Å². The van der Waals surface area contributed by atoms with E-state index in [1.54, 1.807) is 47.4 Å². The molecule has 7 N–H and O–H groups in total. The molecule has 0 aromatic heterocycles. The standard InChI is InChI=1S/C46H47F3N6O3/c47-46(48,49)40-29-38(17-20-43(40)58-39-21-23-54-24-22-39)55(25-7-13-34-27-36(44(50)51)15-18-41(34)56-30-32-9-3-1-4-10-32)26-8-14-35-28-37(45(52)53)16-19-42(35)57-31-33-11-5-2-6-12-33/h1-20,27-29,39,54H,21-26,30-31H2,(H3,50,51)(H3,52,53). The largest absolute Gasteiger partial charge is 0.490 e. The average Bonchev–Trinajstić information content (AvgIpc) is 3.23. The summed E-state index contributed by atoms with van der Waals surface area (Å²) in [5, 5.41) is 19.2. The van der Waals surface area contributed by atoms with Crippen LogP contribution in [0.1, 0.15) is 51.8 Å². The number of anilines is 1. The first-order valence-electron chi connectivity index (χ1n) is 19.0. The molecule has 1 aliphatic heterocycles. The maximum atomic E-state index is 14.7. The van der Waals surface area contributed by atoms with Crippen molar-refractivity contribution >= 4 is 29.5 Å². The Morgan fingerprint density at radius 2 is 1.16 bits per heavy atom. The molecule has 0 spiro atoms. The number of rotatable bonds is 17. The maximum absolute atomic E-state index is 14.7. The van der Waals surface area contributed by atoms with Crippen LogP contribution < -0.4 is 35.9 Å². The molecule has 300 valence electrons. The fraction of sp³-hybridized carbons (Fsp3) is 0.217. The average molecular weight is 789 g/mol. The summed E-state index contributed by atoms with van der Waals surface area (Å²) >= 11 is 0. The highest BCUT2D eigenvalue weighted by Gasteiger charge is 2.36. The Hall–Kier alpha value is -6.53. The minimum Gasteiger partial charge on any atom is -0.490 e. The first-order chi connectivity index (χ1) is 28.0. The Bertz CT molecular complexity index is 2100. The first-order valence-corrected chi connectivity index (χ1v) is 19.0. The molecule has 0 unspecified atom stereocenters. The van der Waals surface area contributed by atoms with Gasteiger partial charge in [-0.05, 0) is 91.7 Å². The lowest BCUT2D eigenvalue weighted by molar-refractivity contribution is -0.139. The predicted octanol–water partition coefficient (Wildman–Crippen LogP) is 8.80. The van der Waals surface area contributed by atoms with Crippen LogP contribution in [0.5, 0.6) is 17.2 Å². The summed E-state index contributed by atoms with van der Waals surface area (Å²) in [4.78, 5) is 1.80. The van der Waals surface area contributed by atoms with Crippen LogP contribution in [-0.2, 0) is 19.4 Å². The van der Waals surface area contributed by atoms with E-state index in [-0.39, 0.29) is 36.6 Å². The number of nitrogen functional groups attached to an aromatic ring is 2. The summed E-state index contributed by atoms with van der Waals surface area (Å²) in [6.07, 6.45) is 3.55. The fourth-order valence-electron chi connectivity index (χ4n) is 6.46. The van der Waals surface area contributed by atoms with Gasteiger partial charge in [-0.25, -0.2) is 0 Å². The molecule has 0 bridgehead atoms. The van der Waals surface area contributed by atoms with Crippen LogP contribution in [0.3, 0.4) is 0 Å². The number of piperidine rings is 1. The Labute approximate surface area is 336 Å². The number of hydrogen-bond acceptors (Lipinski definition) is 7. The number of alkyl halides is 3.